The number of hydrogen-bond acceptors (Lipinski definition) is 9. The molecule has 0 radical (unpaired) electrons. The summed E-state index contributed by atoms with van der Waals surface area (Å²) < 4.78 is 22.3. The Bertz CT molecular complexity index is 2150. The number of amides is 1. The third kappa shape index (κ3) is 9.38. The Morgan fingerprint density at radius 2 is 1.16 bits per heavy atom. The topological polar surface area (TPSA) is 134 Å². The number of carbonyl (C=O) groups is 5. The highest BCUT2D eigenvalue weighted by Gasteiger charge is 2.65. The van der Waals surface area contributed by atoms with Crippen molar-refractivity contribution in [2.75, 3.05) is 7.11 Å². The van der Waals surface area contributed by atoms with Crippen LogP contribution in [0.4, 0.5) is 0 Å². The van der Waals surface area contributed by atoms with E-state index >= 15 is 0 Å². The van der Waals surface area contributed by atoms with Crippen molar-refractivity contribution in [1.29, 1.82) is 0 Å². The van der Waals surface area contributed by atoms with Crippen LogP contribution in [0.5, 0.6) is 0 Å². The molecule has 288 valence electrons. The second-order valence-corrected chi connectivity index (χ2v) is 14.4. The van der Waals surface area contributed by atoms with Gasteiger partial charge in [-0.05, 0) is 58.7 Å². The van der Waals surface area contributed by atoms with Crippen LogP contribution < -0.4 is 5.32 Å². The summed E-state index contributed by atoms with van der Waals surface area (Å²) in [7, 11) is 1.13. The summed E-state index contributed by atoms with van der Waals surface area (Å²) >= 11 is 12.5. The third-order valence-electron chi connectivity index (χ3n) is 9.91. The number of halogens is 2. The smallest absolute Gasteiger partial charge is 0.338 e. The van der Waals surface area contributed by atoms with Crippen molar-refractivity contribution in [3.63, 3.8) is 0 Å². The Hall–Kier alpha value is -5.71. The molecule has 56 heavy (non-hydrogen) atoms. The van der Waals surface area contributed by atoms with Crippen LogP contribution in [-0.2, 0) is 57.8 Å². The molecule has 0 heterocycles. The van der Waals surface area contributed by atoms with Crippen molar-refractivity contribution >= 4 is 63.8 Å². The monoisotopic (exact) mass is 795 g/mol. The van der Waals surface area contributed by atoms with Crippen LogP contribution >= 0.6 is 23.2 Å². The van der Waals surface area contributed by atoms with E-state index in [9.17, 15) is 24.0 Å². The molecule has 6 rings (SSSR count). The second kappa shape index (κ2) is 18.3. The summed E-state index contributed by atoms with van der Waals surface area (Å²) in [6, 6.07) is 34.6. The van der Waals surface area contributed by atoms with Crippen molar-refractivity contribution in [2.24, 2.45) is 23.7 Å². The maximum absolute atomic E-state index is 14.4. The molecule has 0 aromatic heterocycles. The first-order valence-corrected chi connectivity index (χ1v) is 18.7. The van der Waals surface area contributed by atoms with Gasteiger partial charge in [-0.2, -0.15) is 0 Å². The van der Waals surface area contributed by atoms with Crippen LogP contribution in [0.3, 0.4) is 0 Å². The lowest BCUT2D eigenvalue weighted by molar-refractivity contribution is -0.194. The molecule has 1 fully saturated rings. The van der Waals surface area contributed by atoms with Crippen molar-refractivity contribution in [2.45, 2.75) is 38.7 Å². The molecule has 5 aromatic rings. The first kappa shape index (κ1) is 40.0. The molecule has 0 saturated heterocycles. The average Bonchev–Trinajstić information content (AvgIpc) is 3.20. The number of esters is 4. The highest BCUT2D eigenvalue weighted by molar-refractivity contribution is 6.42. The molecular formula is C44H39Cl2NO9. The summed E-state index contributed by atoms with van der Waals surface area (Å²) in [6.45, 7) is 1.37. The Morgan fingerprint density at radius 1 is 0.607 bits per heavy atom. The van der Waals surface area contributed by atoms with Crippen LogP contribution in [0, 0.1) is 23.7 Å². The zero-order chi connectivity index (χ0) is 39.8. The molecule has 1 aliphatic rings. The lowest BCUT2D eigenvalue weighted by atomic mass is 9.56. The lowest BCUT2D eigenvalue weighted by Gasteiger charge is -2.46. The van der Waals surface area contributed by atoms with Gasteiger partial charge < -0.3 is 24.3 Å². The van der Waals surface area contributed by atoms with Crippen LogP contribution in [0.2, 0.25) is 10.0 Å². The summed E-state index contributed by atoms with van der Waals surface area (Å²) in [5.74, 6) is -9.51. The van der Waals surface area contributed by atoms with Crippen molar-refractivity contribution in [3.8, 4) is 0 Å². The number of ether oxygens (including phenoxy) is 4. The summed E-state index contributed by atoms with van der Waals surface area (Å²) in [4.78, 5) is 68.7. The van der Waals surface area contributed by atoms with Crippen LogP contribution in [-0.4, -0.2) is 49.0 Å². The van der Waals surface area contributed by atoms with E-state index in [2.05, 4.69) is 5.32 Å². The van der Waals surface area contributed by atoms with Gasteiger partial charge in [-0.25, -0.2) is 4.79 Å². The predicted molar refractivity (Wildman–Crippen MR) is 209 cm³/mol. The molecule has 1 aliphatic carbocycles. The van der Waals surface area contributed by atoms with E-state index in [-0.39, 0.29) is 24.7 Å². The largest absolute Gasteiger partial charge is 0.469 e. The van der Waals surface area contributed by atoms with Crippen LogP contribution in [0.25, 0.3) is 10.8 Å². The number of fused-ring (bicyclic) bond motifs is 1. The SMILES string of the molecule is COC(=O)C1[C@H](C(=O)OCc2ccccc2)C(C(=O)N[C@@H](C)[C@@H](Cc2ccc(Cl)c(Cl)c2)OC(=O)c2ccc3ccccc3c2)[C@H]1C(=O)OCc1ccccc1. The summed E-state index contributed by atoms with van der Waals surface area (Å²) in [5, 5.41) is 5.27. The van der Waals surface area contributed by atoms with Crippen molar-refractivity contribution < 1.29 is 42.9 Å². The minimum absolute atomic E-state index is 0.109. The van der Waals surface area contributed by atoms with Gasteiger partial charge in [0.25, 0.3) is 0 Å². The Kier molecular flexibility index (Phi) is 13.0. The van der Waals surface area contributed by atoms with Gasteiger partial charge in [0, 0.05) is 6.42 Å². The lowest BCUT2D eigenvalue weighted by Crippen LogP contribution is -2.63. The molecular weight excluding hydrogens is 757 g/mol. The minimum atomic E-state index is -1.39. The quantitative estimate of drug-likeness (QED) is 0.0893. The van der Waals surface area contributed by atoms with Gasteiger partial charge in [-0.1, -0.05) is 120 Å². The molecule has 1 amide bonds. The molecule has 10 nitrogen and oxygen atoms in total. The first-order valence-electron chi connectivity index (χ1n) is 18.0. The fourth-order valence-corrected chi connectivity index (χ4v) is 7.22. The van der Waals surface area contributed by atoms with E-state index < -0.39 is 65.6 Å². The second-order valence-electron chi connectivity index (χ2n) is 13.6. The summed E-state index contributed by atoms with van der Waals surface area (Å²) in [6.07, 6.45) is -0.864. The van der Waals surface area contributed by atoms with E-state index in [4.69, 9.17) is 42.1 Å². The van der Waals surface area contributed by atoms with Crippen LogP contribution in [0.15, 0.2) is 121 Å². The fraction of sp³-hybridized carbons (Fsp3) is 0.250. The number of hydrogen-bond donors (Lipinski definition) is 1. The fourth-order valence-electron chi connectivity index (χ4n) is 6.89. The van der Waals surface area contributed by atoms with Gasteiger partial charge in [0.05, 0.1) is 52.4 Å². The van der Waals surface area contributed by atoms with E-state index in [0.29, 0.717) is 27.3 Å². The first-order chi connectivity index (χ1) is 27.0. The molecule has 1 saturated carbocycles. The van der Waals surface area contributed by atoms with Gasteiger partial charge in [0.15, 0.2) is 0 Å². The minimum Gasteiger partial charge on any atom is -0.469 e. The van der Waals surface area contributed by atoms with Gasteiger partial charge >= 0.3 is 23.9 Å². The van der Waals surface area contributed by atoms with Gasteiger partial charge in [-0.15, -0.1) is 0 Å². The van der Waals surface area contributed by atoms with E-state index in [1.165, 1.54) is 0 Å². The molecule has 1 N–H and O–H groups in total. The van der Waals surface area contributed by atoms with Crippen molar-refractivity contribution in [1.82, 2.24) is 5.32 Å². The zero-order valence-corrected chi connectivity index (χ0v) is 32.1. The van der Waals surface area contributed by atoms with E-state index in [1.807, 2.05) is 42.5 Å². The molecule has 0 spiro atoms. The van der Waals surface area contributed by atoms with Gasteiger partial charge in [-0.3, -0.25) is 19.2 Å². The van der Waals surface area contributed by atoms with E-state index in [1.54, 1.807) is 85.8 Å². The standard InChI is InChI=1S/C44H39Cl2NO9/c1-26(35(22-29-17-20-33(45)34(46)21-29)56-41(49)32-19-18-30-15-9-10-16-31(30)23-32)47-40(48)36-37(43(51)54-24-27-11-5-3-6-12-27)39(42(50)53-2)38(36)44(52)55-25-28-13-7-4-8-14-28/h3-21,23,26,35-39H,22,24-25H2,1-2H3,(H,47,48)/t26-,35+,36?,37+,38+,39?/m0/s1. The van der Waals surface area contributed by atoms with Crippen molar-refractivity contribution in [3.05, 3.63) is 154 Å². The molecule has 0 bridgehead atoms. The van der Waals surface area contributed by atoms with E-state index in [0.717, 1.165) is 17.9 Å². The Balaban J connectivity index is 1.27. The third-order valence-corrected chi connectivity index (χ3v) is 10.6. The number of benzene rings is 5. The predicted octanol–water partition coefficient (Wildman–Crippen LogP) is 7.56. The maximum atomic E-state index is 14.4. The number of carbonyl (C=O) groups excluding carboxylic acids is 5. The number of methoxy groups -OCH3 is 1. The molecule has 0 aliphatic heterocycles. The highest BCUT2D eigenvalue weighted by Crippen LogP contribution is 2.49. The van der Waals surface area contributed by atoms with Crippen LogP contribution in [0.1, 0.15) is 34.0 Å². The average molecular weight is 797 g/mol. The Morgan fingerprint density at radius 3 is 1.73 bits per heavy atom. The molecule has 0 unspecified atom stereocenters. The number of nitrogens with one attached hydrogen (secondary N) is 1. The Labute approximate surface area is 334 Å². The van der Waals surface area contributed by atoms with Gasteiger partial charge in [0.1, 0.15) is 19.3 Å². The molecule has 12 heteroatoms. The maximum Gasteiger partial charge on any atom is 0.338 e. The highest BCUT2D eigenvalue weighted by atomic mass is 35.5. The molecule has 4 atom stereocenters. The summed E-state index contributed by atoms with van der Waals surface area (Å²) in [5.41, 5.74) is 2.32. The normalized spacial score (nSPS) is 18.4. The van der Waals surface area contributed by atoms with Gasteiger partial charge in [0.2, 0.25) is 5.91 Å². The zero-order valence-electron chi connectivity index (χ0n) is 30.6. The number of rotatable bonds is 14. The molecule has 5 aromatic carbocycles.